The van der Waals surface area contributed by atoms with Crippen LogP contribution in [-0.4, -0.2) is 36.1 Å². The molecule has 1 aliphatic heterocycles. The zero-order chi connectivity index (χ0) is 14.0. The molecule has 104 valence electrons. The molecule has 3 nitrogen and oxygen atoms in total. The number of rotatable bonds is 2. The minimum Gasteiger partial charge on any atom is -0.375 e. The first-order chi connectivity index (χ1) is 9.02. The molecule has 2 rings (SSSR count). The molecule has 1 aromatic carbocycles. The number of hydrogen-bond donors (Lipinski definition) is 0. The quantitative estimate of drug-likeness (QED) is 0.834. The van der Waals surface area contributed by atoms with Crippen molar-refractivity contribution in [3.63, 3.8) is 0 Å². The molecule has 0 aliphatic carbocycles. The van der Waals surface area contributed by atoms with Crippen molar-refractivity contribution in [1.82, 2.24) is 4.90 Å². The predicted octanol–water partition coefficient (Wildman–Crippen LogP) is 3.40. The Hall–Kier alpha value is -0.870. The molecule has 0 radical (unpaired) electrons. The van der Waals surface area contributed by atoms with Gasteiger partial charge in [-0.1, -0.05) is 28.9 Å². The normalized spacial score (nSPS) is 23.5. The first-order valence-electron chi connectivity index (χ1n) is 6.71. The third kappa shape index (κ3) is 3.18. The zero-order valence-electron chi connectivity index (χ0n) is 11.6. The molecule has 1 aromatic rings. The lowest BCUT2D eigenvalue weighted by Crippen LogP contribution is -2.51. The van der Waals surface area contributed by atoms with Gasteiger partial charge in [0.25, 0.3) is 5.91 Å². The van der Waals surface area contributed by atoms with Crippen LogP contribution in [0.3, 0.4) is 0 Å². The van der Waals surface area contributed by atoms with Crippen LogP contribution in [0.4, 0.5) is 0 Å². The van der Waals surface area contributed by atoms with Gasteiger partial charge >= 0.3 is 0 Å². The van der Waals surface area contributed by atoms with Crippen molar-refractivity contribution >= 4 is 21.8 Å². The van der Waals surface area contributed by atoms with Crippen LogP contribution in [-0.2, 0) is 4.74 Å². The van der Waals surface area contributed by atoms with E-state index in [0.717, 1.165) is 22.0 Å². The lowest BCUT2D eigenvalue weighted by atomic mass is 10.1. The van der Waals surface area contributed by atoms with E-state index in [4.69, 9.17) is 4.74 Å². The molecule has 0 saturated carbocycles. The van der Waals surface area contributed by atoms with Crippen molar-refractivity contribution in [2.75, 3.05) is 13.2 Å². The summed E-state index contributed by atoms with van der Waals surface area (Å²) in [6, 6.07) is 5.96. The van der Waals surface area contributed by atoms with Gasteiger partial charge in [-0.3, -0.25) is 4.79 Å². The number of morpholine rings is 1. The predicted molar refractivity (Wildman–Crippen MR) is 79.4 cm³/mol. The average molecular weight is 326 g/mol. The molecule has 1 heterocycles. The SMILES string of the molecule is CCC1COC(C)CN1C(=O)c1ccc(C)c(Br)c1. The fourth-order valence-corrected chi connectivity index (χ4v) is 2.70. The summed E-state index contributed by atoms with van der Waals surface area (Å²) in [5.74, 6) is 0.0997. The molecule has 1 aliphatic rings. The van der Waals surface area contributed by atoms with Crippen molar-refractivity contribution in [2.45, 2.75) is 39.3 Å². The van der Waals surface area contributed by atoms with Crippen LogP contribution in [0.5, 0.6) is 0 Å². The molecule has 4 heteroatoms. The van der Waals surface area contributed by atoms with E-state index in [0.29, 0.717) is 13.2 Å². The number of hydrogen-bond acceptors (Lipinski definition) is 2. The van der Waals surface area contributed by atoms with Crippen LogP contribution in [0, 0.1) is 6.92 Å². The molecule has 19 heavy (non-hydrogen) atoms. The third-order valence-corrected chi connectivity index (χ3v) is 4.47. The summed E-state index contributed by atoms with van der Waals surface area (Å²) in [4.78, 5) is 14.6. The minimum absolute atomic E-state index is 0.0997. The minimum atomic E-state index is 0.0997. The van der Waals surface area contributed by atoms with Crippen LogP contribution < -0.4 is 0 Å². The second-order valence-electron chi connectivity index (χ2n) is 5.13. The molecule has 2 atom stereocenters. The topological polar surface area (TPSA) is 29.5 Å². The molecule has 1 amide bonds. The first-order valence-corrected chi connectivity index (χ1v) is 7.51. The van der Waals surface area contributed by atoms with Crippen LogP contribution >= 0.6 is 15.9 Å². The highest BCUT2D eigenvalue weighted by Crippen LogP contribution is 2.22. The van der Waals surface area contributed by atoms with E-state index in [1.165, 1.54) is 0 Å². The molecule has 0 bridgehead atoms. The molecule has 0 spiro atoms. The van der Waals surface area contributed by atoms with E-state index in [-0.39, 0.29) is 18.1 Å². The summed E-state index contributed by atoms with van der Waals surface area (Å²) in [6.07, 6.45) is 1.03. The summed E-state index contributed by atoms with van der Waals surface area (Å²) >= 11 is 3.49. The number of aryl methyl sites for hydroxylation is 1. The monoisotopic (exact) mass is 325 g/mol. The zero-order valence-corrected chi connectivity index (χ0v) is 13.2. The van der Waals surface area contributed by atoms with Crippen molar-refractivity contribution in [3.05, 3.63) is 33.8 Å². The third-order valence-electron chi connectivity index (χ3n) is 3.62. The second-order valence-corrected chi connectivity index (χ2v) is 5.98. The van der Waals surface area contributed by atoms with Crippen LogP contribution in [0.25, 0.3) is 0 Å². The molecule has 2 unspecified atom stereocenters. The summed E-state index contributed by atoms with van der Waals surface area (Å²) in [7, 11) is 0. The van der Waals surface area contributed by atoms with Gasteiger partial charge in [0.05, 0.1) is 18.8 Å². The van der Waals surface area contributed by atoms with E-state index < -0.39 is 0 Å². The Labute approximate surface area is 123 Å². The number of halogens is 1. The van der Waals surface area contributed by atoms with Gasteiger partial charge in [0.1, 0.15) is 0 Å². The maximum atomic E-state index is 12.6. The molecule has 0 aromatic heterocycles. The summed E-state index contributed by atoms with van der Waals surface area (Å²) in [5.41, 5.74) is 1.88. The van der Waals surface area contributed by atoms with Gasteiger partial charge in [-0.25, -0.2) is 0 Å². The Morgan fingerprint density at radius 1 is 1.53 bits per heavy atom. The largest absolute Gasteiger partial charge is 0.375 e. The van der Waals surface area contributed by atoms with Gasteiger partial charge in [-0.05, 0) is 38.0 Å². The van der Waals surface area contributed by atoms with Crippen LogP contribution in [0.1, 0.15) is 36.2 Å². The van der Waals surface area contributed by atoms with Gasteiger partial charge in [0.15, 0.2) is 0 Å². The van der Waals surface area contributed by atoms with E-state index in [1.54, 1.807) is 0 Å². The standard InChI is InChI=1S/C15H20BrNO2/c1-4-13-9-19-11(3)8-17(13)15(18)12-6-5-10(2)14(16)7-12/h5-7,11,13H,4,8-9H2,1-3H3. The first kappa shape index (κ1) is 14.5. The lowest BCUT2D eigenvalue weighted by molar-refractivity contribution is -0.0444. The highest BCUT2D eigenvalue weighted by Gasteiger charge is 2.30. The number of nitrogens with zero attached hydrogens (tertiary/aromatic N) is 1. The number of ether oxygens (including phenoxy) is 1. The van der Waals surface area contributed by atoms with Crippen molar-refractivity contribution < 1.29 is 9.53 Å². The van der Waals surface area contributed by atoms with E-state index in [9.17, 15) is 4.79 Å². The van der Waals surface area contributed by atoms with Gasteiger partial charge in [-0.15, -0.1) is 0 Å². The van der Waals surface area contributed by atoms with Gasteiger partial charge in [0, 0.05) is 16.6 Å². The van der Waals surface area contributed by atoms with Crippen LogP contribution in [0.2, 0.25) is 0 Å². The smallest absolute Gasteiger partial charge is 0.254 e. The number of carbonyl (C=O) groups is 1. The summed E-state index contributed by atoms with van der Waals surface area (Å²) in [6.45, 7) is 7.43. The Morgan fingerprint density at radius 3 is 2.89 bits per heavy atom. The van der Waals surface area contributed by atoms with E-state index in [1.807, 2.05) is 36.9 Å². The Morgan fingerprint density at radius 2 is 2.26 bits per heavy atom. The van der Waals surface area contributed by atoms with Crippen molar-refractivity contribution in [2.24, 2.45) is 0 Å². The van der Waals surface area contributed by atoms with Crippen molar-refractivity contribution in [3.8, 4) is 0 Å². The molecule has 1 fully saturated rings. The summed E-state index contributed by atoms with van der Waals surface area (Å²) < 4.78 is 6.62. The fraction of sp³-hybridized carbons (Fsp3) is 0.533. The molecule has 1 saturated heterocycles. The van der Waals surface area contributed by atoms with E-state index in [2.05, 4.69) is 22.9 Å². The van der Waals surface area contributed by atoms with Crippen molar-refractivity contribution in [1.29, 1.82) is 0 Å². The highest BCUT2D eigenvalue weighted by molar-refractivity contribution is 9.10. The maximum absolute atomic E-state index is 12.6. The molecular formula is C15H20BrNO2. The number of benzene rings is 1. The van der Waals surface area contributed by atoms with E-state index >= 15 is 0 Å². The number of carbonyl (C=O) groups excluding carboxylic acids is 1. The molecule has 0 N–H and O–H groups in total. The van der Waals surface area contributed by atoms with Gasteiger partial charge < -0.3 is 9.64 Å². The Balaban J connectivity index is 2.23. The number of amides is 1. The van der Waals surface area contributed by atoms with Crippen LogP contribution in [0.15, 0.2) is 22.7 Å². The van der Waals surface area contributed by atoms with Gasteiger partial charge in [-0.2, -0.15) is 0 Å². The van der Waals surface area contributed by atoms with Gasteiger partial charge in [0.2, 0.25) is 0 Å². The fourth-order valence-electron chi connectivity index (χ4n) is 2.32. The molecular weight excluding hydrogens is 306 g/mol. The second kappa shape index (κ2) is 6.06. The maximum Gasteiger partial charge on any atom is 0.254 e. The highest BCUT2D eigenvalue weighted by atomic mass is 79.9. The lowest BCUT2D eigenvalue weighted by Gasteiger charge is -2.38. The Bertz CT molecular complexity index is 475. The average Bonchev–Trinajstić information content (AvgIpc) is 2.41. The summed E-state index contributed by atoms with van der Waals surface area (Å²) in [5, 5.41) is 0. The Kier molecular flexibility index (Phi) is 4.63.